The van der Waals surface area contributed by atoms with E-state index in [1.165, 1.54) is 0 Å². The van der Waals surface area contributed by atoms with E-state index in [1.54, 1.807) is 7.11 Å². The zero-order valence-electron chi connectivity index (χ0n) is 11.4. The molecule has 4 heteroatoms. The average molecular weight is 245 g/mol. The molecule has 0 aromatic heterocycles. The van der Waals surface area contributed by atoms with Crippen molar-refractivity contribution in [2.75, 3.05) is 40.0 Å². The van der Waals surface area contributed by atoms with Crippen LogP contribution in [0.5, 0.6) is 0 Å². The molecule has 4 nitrogen and oxygen atoms in total. The number of aliphatic hydroxyl groups is 1. The maximum absolute atomic E-state index is 10.2. The highest BCUT2D eigenvalue weighted by Gasteiger charge is 2.26. The van der Waals surface area contributed by atoms with Crippen LogP contribution >= 0.6 is 0 Å². The Labute approximate surface area is 105 Å². The third-order valence-corrected chi connectivity index (χ3v) is 3.73. The topological polar surface area (TPSA) is 41.9 Å². The quantitative estimate of drug-likeness (QED) is 0.696. The molecule has 102 valence electrons. The second kappa shape index (κ2) is 8.03. The van der Waals surface area contributed by atoms with Crippen LogP contribution in [-0.4, -0.2) is 62.2 Å². The van der Waals surface area contributed by atoms with Crippen molar-refractivity contribution < 1.29 is 14.6 Å². The first-order chi connectivity index (χ1) is 8.19. The van der Waals surface area contributed by atoms with E-state index in [0.717, 1.165) is 39.1 Å². The van der Waals surface area contributed by atoms with Gasteiger partial charge >= 0.3 is 0 Å². The molecule has 1 aliphatic rings. The molecule has 0 aliphatic carbocycles. The molecule has 0 aromatic carbocycles. The fraction of sp³-hybridized carbons (Fsp3) is 1.00. The van der Waals surface area contributed by atoms with Gasteiger partial charge in [-0.25, -0.2) is 0 Å². The number of ether oxygens (including phenoxy) is 2. The SMILES string of the molecule is CCC(C)N(CCOC)CC(O)C1CCOC1. The summed E-state index contributed by atoms with van der Waals surface area (Å²) in [6.07, 6.45) is 1.81. The summed E-state index contributed by atoms with van der Waals surface area (Å²) in [5, 5.41) is 10.2. The third-order valence-electron chi connectivity index (χ3n) is 3.73. The Morgan fingerprint density at radius 3 is 2.82 bits per heavy atom. The smallest absolute Gasteiger partial charge is 0.0718 e. The lowest BCUT2D eigenvalue weighted by molar-refractivity contribution is 0.0321. The highest BCUT2D eigenvalue weighted by molar-refractivity contribution is 4.78. The standard InChI is InChI=1S/C13H27NO3/c1-4-11(2)14(6-8-16-3)9-13(15)12-5-7-17-10-12/h11-13,15H,4-10H2,1-3H3. The van der Waals surface area contributed by atoms with E-state index in [2.05, 4.69) is 18.7 Å². The van der Waals surface area contributed by atoms with Crippen LogP contribution in [0.1, 0.15) is 26.7 Å². The van der Waals surface area contributed by atoms with Gasteiger partial charge in [0.2, 0.25) is 0 Å². The van der Waals surface area contributed by atoms with Gasteiger partial charge in [0.1, 0.15) is 0 Å². The van der Waals surface area contributed by atoms with Crippen LogP contribution in [0.25, 0.3) is 0 Å². The van der Waals surface area contributed by atoms with Gasteiger partial charge < -0.3 is 14.6 Å². The Hall–Kier alpha value is -0.160. The number of hydrogen-bond donors (Lipinski definition) is 1. The fourth-order valence-corrected chi connectivity index (χ4v) is 2.20. The lowest BCUT2D eigenvalue weighted by Gasteiger charge is -2.31. The molecule has 1 N–H and O–H groups in total. The number of rotatable bonds is 8. The molecule has 1 aliphatic heterocycles. The van der Waals surface area contributed by atoms with Crippen LogP contribution in [0.4, 0.5) is 0 Å². The minimum absolute atomic E-state index is 0.275. The highest BCUT2D eigenvalue weighted by Crippen LogP contribution is 2.18. The summed E-state index contributed by atoms with van der Waals surface area (Å²) in [7, 11) is 1.72. The number of hydrogen-bond acceptors (Lipinski definition) is 4. The fourth-order valence-electron chi connectivity index (χ4n) is 2.20. The minimum Gasteiger partial charge on any atom is -0.391 e. The molecule has 0 spiro atoms. The summed E-state index contributed by atoms with van der Waals surface area (Å²) < 4.78 is 10.5. The van der Waals surface area contributed by atoms with E-state index in [0.29, 0.717) is 18.6 Å². The van der Waals surface area contributed by atoms with Gasteiger partial charge in [-0.3, -0.25) is 4.90 Å². The Morgan fingerprint density at radius 2 is 2.29 bits per heavy atom. The summed E-state index contributed by atoms with van der Waals surface area (Å²) in [5.74, 6) is 0.309. The summed E-state index contributed by atoms with van der Waals surface area (Å²) in [6.45, 7) is 8.22. The maximum Gasteiger partial charge on any atom is 0.0718 e. The molecule has 3 atom stereocenters. The van der Waals surface area contributed by atoms with Gasteiger partial charge in [0.25, 0.3) is 0 Å². The first-order valence-electron chi connectivity index (χ1n) is 6.67. The number of methoxy groups -OCH3 is 1. The zero-order chi connectivity index (χ0) is 12.7. The third kappa shape index (κ3) is 4.92. The summed E-state index contributed by atoms with van der Waals surface area (Å²) >= 11 is 0. The van der Waals surface area contributed by atoms with Crippen LogP contribution in [0.3, 0.4) is 0 Å². The molecule has 0 bridgehead atoms. The minimum atomic E-state index is -0.275. The Balaban J connectivity index is 2.39. The van der Waals surface area contributed by atoms with E-state index in [-0.39, 0.29) is 6.10 Å². The van der Waals surface area contributed by atoms with Gasteiger partial charge in [-0.1, -0.05) is 6.92 Å². The van der Waals surface area contributed by atoms with Crippen molar-refractivity contribution >= 4 is 0 Å². The van der Waals surface area contributed by atoms with E-state index in [4.69, 9.17) is 9.47 Å². The van der Waals surface area contributed by atoms with Gasteiger partial charge in [-0.15, -0.1) is 0 Å². The number of aliphatic hydroxyl groups excluding tert-OH is 1. The van der Waals surface area contributed by atoms with Gasteiger partial charge in [-0.2, -0.15) is 0 Å². The normalized spacial score (nSPS) is 24.2. The van der Waals surface area contributed by atoms with Crippen molar-refractivity contribution in [2.45, 2.75) is 38.8 Å². The molecule has 1 saturated heterocycles. The van der Waals surface area contributed by atoms with Crippen LogP contribution in [0, 0.1) is 5.92 Å². The van der Waals surface area contributed by atoms with Crippen molar-refractivity contribution in [3.05, 3.63) is 0 Å². The van der Waals surface area contributed by atoms with E-state index >= 15 is 0 Å². The van der Waals surface area contributed by atoms with Crippen LogP contribution < -0.4 is 0 Å². The van der Waals surface area contributed by atoms with Crippen LogP contribution in [0.15, 0.2) is 0 Å². The zero-order valence-corrected chi connectivity index (χ0v) is 11.4. The first kappa shape index (κ1) is 14.9. The molecule has 1 rings (SSSR count). The Bertz CT molecular complexity index is 195. The molecular formula is C13H27NO3. The van der Waals surface area contributed by atoms with E-state index in [9.17, 15) is 5.11 Å². The number of nitrogens with zero attached hydrogens (tertiary/aromatic N) is 1. The van der Waals surface area contributed by atoms with E-state index < -0.39 is 0 Å². The second-order valence-electron chi connectivity index (χ2n) is 4.94. The Kier molecular flexibility index (Phi) is 7.04. The van der Waals surface area contributed by atoms with Gasteiger partial charge in [0, 0.05) is 38.8 Å². The van der Waals surface area contributed by atoms with Gasteiger partial charge in [0.05, 0.1) is 19.3 Å². The van der Waals surface area contributed by atoms with Crippen molar-refractivity contribution in [1.82, 2.24) is 4.90 Å². The second-order valence-corrected chi connectivity index (χ2v) is 4.94. The van der Waals surface area contributed by atoms with Crippen molar-refractivity contribution in [3.63, 3.8) is 0 Å². The predicted molar refractivity (Wildman–Crippen MR) is 68.1 cm³/mol. The molecular weight excluding hydrogens is 218 g/mol. The predicted octanol–water partition coefficient (Wildman–Crippen LogP) is 1.13. The maximum atomic E-state index is 10.2. The summed E-state index contributed by atoms with van der Waals surface area (Å²) in [5.41, 5.74) is 0. The molecule has 1 heterocycles. The van der Waals surface area contributed by atoms with Gasteiger partial charge in [0.15, 0.2) is 0 Å². The summed E-state index contributed by atoms with van der Waals surface area (Å²) in [6, 6.07) is 0.488. The molecule has 0 amide bonds. The van der Waals surface area contributed by atoms with Crippen LogP contribution in [0.2, 0.25) is 0 Å². The summed E-state index contributed by atoms with van der Waals surface area (Å²) in [4.78, 5) is 2.31. The molecule has 0 saturated carbocycles. The molecule has 0 aromatic rings. The lowest BCUT2D eigenvalue weighted by atomic mass is 10.0. The largest absolute Gasteiger partial charge is 0.391 e. The van der Waals surface area contributed by atoms with Gasteiger partial charge in [-0.05, 0) is 19.8 Å². The Morgan fingerprint density at radius 1 is 1.53 bits per heavy atom. The van der Waals surface area contributed by atoms with E-state index in [1.807, 2.05) is 0 Å². The first-order valence-corrected chi connectivity index (χ1v) is 6.67. The molecule has 17 heavy (non-hydrogen) atoms. The highest BCUT2D eigenvalue weighted by atomic mass is 16.5. The van der Waals surface area contributed by atoms with Crippen molar-refractivity contribution in [1.29, 1.82) is 0 Å². The molecule has 3 unspecified atom stereocenters. The lowest BCUT2D eigenvalue weighted by Crippen LogP contribution is -2.43. The molecule has 0 radical (unpaired) electrons. The van der Waals surface area contributed by atoms with Crippen LogP contribution in [-0.2, 0) is 9.47 Å². The molecule has 1 fully saturated rings. The van der Waals surface area contributed by atoms with Crippen molar-refractivity contribution in [2.24, 2.45) is 5.92 Å². The average Bonchev–Trinajstić information content (AvgIpc) is 2.87. The van der Waals surface area contributed by atoms with Crippen molar-refractivity contribution in [3.8, 4) is 0 Å². The monoisotopic (exact) mass is 245 g/mol.